The Morgan fingerprint density at radius 1 is 1.50 bits per heavy atom. The number of aromatic nitrogens is 2. The highest BCUT2D eigenvalue weighted by Crippen LogP contribution is 2.32. The SMILES string of the molecule is C=Cc1cc([N+](=O)[O-])c2cnn(C3CCCCO3)c2c1. The monoisotopic (exact) mass is 273 g/mol. The number of non-ortho nitro benzene ring substituents is 1. The molecular formula is C14H15N3O3. The highest BCUT2D eigenvalue weighted by molar-refractivity contribution is 5.90. The minimum absolute atomic E-state index is 0.0551. The van der Waals surface area contributed by atoms with Crippen molar-refractivity contribution < 1.29 is 9.66 Å². The Morgan fingerprint density at radius 2 is 2.35 bits per heavy atom. The average Bonchev–Trinajstić information content (AvgIpc) is 2.90. The van der Waals surface area contributed by atoms with E-state index in [-0.39, 0.29) is 16.8 Å². The van der Waals surface area contributed by atoms with E-state index in [9.17, 15) is 10.1 Å². The molecule has 0 radical (unpaired) electrons. The fourth-order valence-electron chi connectivity index (χ4n) is 2.56. The number of hydrogen-bond acceptors (Lipinski definition) is 4. The van der Waals surface area contributed by atoms with Gasteiger partial charge in [0, 0.05) is 12.7 Å². The number of nitro benzene ring substituents is 1. The van der Waals surface area contributed by atoms with Crippen molar-refractivity contribution in [1.82, 2.24) is 9.78 Å². The Labute approximate surface area is 115 Å². The third kappa shape index (κ3) is 2.08. The predicted molar refractivity (Wildman–Crippen MR) is 75.3 cm³/mol. The van der Waals surface area contributed by atoms with Gasteiger partial charge in [0.15, 0.2) is 6.23 Å². The number of rotatable bonds is 3. The number of fused-ring (bicyclic) bond motifs is 1. The van der Waals surface area contributed by atoms with Gasteiger partial charge in [-0.25, -0.2) is 4.68 Å². The second-order valence-corrected chi connectivity index (χ2v) is 4.84. The van der Waals surface area contributed by atoms with Gasteiger partial charge in [-0.2, -0.15) is 5.10 Å². The second kappa shape index (κ2) is 5.05. The molecule has 104 valence electrons. The molecule has 6 heteroatoms. The highest BCUT2D eigenvalue weighted by Gasteiger charge is 2.22. The van der Waals surface area contributed by atoms with Crippen LogP contribution >= 0.6 is 0 Å². The van der Waals surface area contributed by atoms with Crippen molar-refractivity contribution in [2.24, 2.45) is 0 Å². The molecule has 20 heavy (non-hydrogen) atoms. The summed E-state index contributed by atoms with van der Waals surface area (Å²) in [6.45, 7) is 4.38. The van der Waals surface area contributed by atoms with Gasteiger partial charge in [-0.15, -0.1) is 0 Å². The minimum Gasteiger partial charge on any atom is -0.356 e. The Bertz CT molecular complexity index is 672. The summed E-state index contributed by atoms with van der Waals surface area (Å²) in [5, 5.41) is 16.0. The van der Waals surface area contributed by atoms with Gasteiger partial charge in [-0.05, 0) is 30.9 Å². The Balaban J connectivity index is 2.17. The van der Waals surface area contributed by atoms with E-state index in [4.69, 9.17) is 4.74 Å². The summed E-state index contributed by atoms with van der Waals surface area (Å²) in [5.74, 6) is 0. The zero-order chi connectivity index (χ0) is 14.1. The van der Waals surface area contributed by atoms with Crippen molar-refractivity contribution in [1.29, 1.82) is 0 Å². The van der Waals surface area contributed by atoms with Gasteiger partial charge in [0.1, 0.15) is 0 Å². The van der Waals surface area contributed by atoms with Crippen LogP contribution in [0.1, 0.15) is 31.1 Å². The van der Waals surface area contributed by atoms with Crippen LogP contribution in [0.3, 0.4) is 0 Å². The summed E-state index contributed by atoms with van der Waals surface area (Å²) in [6.07, 6.45) is 6.01. The number of benzene rings is 1. The van der Waals surface area contributed by atoms with Crippen molar-refractivity contribution in [3.63, 3.8) is 0 Å². The molecule has 1 aromatic carbocycles. The second-order valence-electron chi connectivity index (χ2n) is 4.84. The molecule has 0 bridgehead atoms. The summed E-state index contributed by atoms with van der Waals surface area (Å²) < 4.78 is 7.45. The molecule has 3 rings (SSSR count). The van der Waals surface area contributed by atoms with Gasteiger partial charge in [0.05, 0.1) is 22.0 Å². The van der Waals surface area contributed by atoms with Crippen molar-refractivity contribution in [2.45, 2.75) is 25.5 Å². The highest BCUT2D eigenvalue weighted by atomic mass is 16.6. The zero-order valence-corrected chi connectivity index (χ0v) is 11.0. The molecule has 1 atom stereocenters. The standard InChI is InChI=1S/C14H15N3O3/c1-2-10-7-12-11(13(8-10)17(18)19)9-15-16(12)14-5-3-4-6-20-14/h2,7-9,14H,1,3-6H2. The van der Waals surface area contributed by atoms with Gasteiger partial charge < -0.3 is 4.74 Å². The molecule has 2 heterocycles. The van der Waals surface area contributed by atoms with E-state index in [2.05, 4.69) is 11.7 Å². The van der Waals surface area contributed by atoms with Crippen LogP contribution in [-0.2, 0) is 4.74 Å². The summed E-state index contributed by atoms with van der Waals surface area (Å²) >= 11 is 0. The molecule has 0 aliphatic carbocycles. The van der Waals surface area contributed by atoms with E-state index < -0.39 is 0 Å². The first kappa shape index (κ1) is 12.8. The average molecular weight is 273 g/mol. The van der Waals surface area contributed by atoms with Crippen LogP contribution < -0.4 is 0 Å². The lowest BCUT2D eigenvalue weighted by Crippen LogP contribution is -2.19. The molecule has 1 unspecified atom stereocenters. The molecule has 2 aromatic rings. The summed E-state index contributed by atoms with van der Waals surface area (Å²) in [7, 11) is 0. The van der Waals surface area contributed by atoms with Gasteiger partial charge in [-0.3, -0.25) is 10.1 Å². The maximum absolute atomic E-state index is 11.2. The number of nitrogens with zero attached hydrogens (tertiary/aromatic N) is 3. The summed E-state index contributed by atoms with van der Waals surface area (Å²) in [5.41, 5.74) is 1.49. The van der Waals surface area contributed by atoms with E-state index in [1.807, 2.05) is 6.07 Å². The van der Waals surface area contributed by atoms with Crippen LogP contribution in [0.4, 0.5) is 5.69 Å². The Morgan fingerprint density at radius 3 is 3.00 bits per heavy atom. The summed E-state index contributed by atoms with van der Waals surface area (Å²) in [6, 6.07) is 3.38. The van der Waals surface area contributed by atoms with E-state index in [0.717, 1.165) is 24.8 Å². The summed E-state index contributed by atoms with van der Waals surface area (Å²) in [4.78, 5) is 10.8. The van der Waals surface area contributed by atoms with Crippen LogP contribution in [-0.4, -0.2) is 21.3 Å². The molecule has 1 fully saturated rings. The zero-order valence-electron chi connectivity index (χ0n) is 11.0. The van der Waals surface area contributed by atoms with Crippen LogP contribution in [0.25, 0.3) is 17.0 Å². The third-order valence-corrected chi connectivity index (χ3v) is 3.58. The van der Waals surface area contributed by atoms with Crippen molar-refractivity contribution in [2.75, 3.05) is 6.61 Å². The van der Waals surface area contributed by atoms with Crippen molar-refractivity contribution in [3.05, 3.63) is 40.6 Å². The number of nitro groups is 1. The maximum Gasteiger partial charge on any atom is 0.280 e. The largest absolute Gasteiger partial charge is 0.356 e. The van der Waals surface area contributed by atoms with Gasteiger partial charge in [0.2, 0.25) is 0 Å². The molecule has 0 amide bonds. The minimum atomic E-state index is -0.386. The van der Waals surface area contributed by atoms with E-state index in [1.165, 1.54) is 12.3 Å². The molecule has 0 spiro atoms. The Hall–Kier alpha value is -2.21. The van der Waals surface area contributed by atoms with Crippen LogP contribution in [0.5, 0.6) is 0 Å². The Kier molecular flexibility index (Phi) is 3.23. The molecule has 1 saturated heterocycles. The third-order valence-electron chi connectivity index (χ3n) is 3.58. The topological polar surface area (TPSA) is 70.2 Å². The first-order valence-electron chi connectivity index (χ1n) is 6.60. The van der Waals surface area contributed by atoms with Gasteiger partial charge in [0.25, 0.3) is 5.69 Å². The fraction of sp³-hybridized carbons (Fsp3) is 0.357. The molecule has 6 nitrogen and oxygen atoms in total. The molecular weight excluding hydrogens is 258 g/mol. The molecule has 0 saturated carbocycles. The predicted octanol–water partition coefficient (Wildman–Crippen LogP) is 3.29. The smallest absolute Gasteiger partial charge is 0.280 e. The lowest BCUT2D eigenvalue weighted by atomic mass is 10.1. The lowest BCUT2D eigenvalue weighted by molar-refractivity contribution is -0.383. The van der Waals surface area contributed by atoms with E-state index >= 15 is 0 Å². The van der Waals surface area contributed by atoms with Crippen molar-refractivity contribution in [3.8, 4) is 0 Å². The molecule has 1 aliphatic heterocycles. The molecule has 1 aliphatic rings. The molecule has 0 N–H and O–H groups in total. The van der Waals surface area contributed by atoms with Gasteiger partial charge >= 0.3 is 0 Å². The van der Waals surface area contributed by atoms with Crippen molar-refractivity contribution >= 4 is 22.7 Å². The van der Waals surface area contributed by atoms with Crippen LogP contribution in [0.15, 0.2) is 24.9 Å². The lowest BCUT2D eigenvalue weighted by Gasteiger charge is -2.23. The van der Waals surface area contributed by atoms with Gasteiger partial charge in [-0.1, -0.05) is 12.7 Å². The first-order valence-corrected chi connectivity index (χ1v) is 6.60. The van der Waals surface area contributed by atoms with Crippen LogP contribution in [0, 0.1) is 10.1 Å². The van der Waals surface area contributed by atoms with Crippen LogP contribution in [0.2, 0.25) is 0 Å². The number of hydrogen-bond donors (Lipinski definition) is 0. The normalized spacial score (nSPS) is 19.1. The molecule has 1 aromatic heterocycles. The fourth-order valence-corrected chi connectivity index (χ4v) is 2.56. The quantitative estimate of drug-likeness (QED) is 0.635. The maximum atomic E-state index is 11.2. The van der Waals surface area contributed by atoms with E-state index in [1.54, 1.807) is 10.8 Å². The van der Waals surface area contributed by atoms with E-state index in [0.29, 0.717) is 17.6 Å². The first-order chi connectivity index (χ1) is 9.70. The number of ether oxygens (including phenoxy) is 1.